The van der Waals surface area contributed by atoms with E-state index in [1.54, 1.807) is 18.2 Å². The van der Waals surface area contributed by atoms with Crippen LogP contribution in [-0.4, -0.2) is 24.2 Å². The van der Waals surface area contributed by atoms with E-state index in [4.69, 9.17) is 5.73 Å². The average molecular weight is 234 g/mol. The van der Waals surface area contributed by atoms with Gasteiger partial charge in [-0.3, -0.25) is 0 Å². The number of benzene rings is 1. The first kappa shape index (κ1) is 11.8. The number of carboxylic acids is 1. The van der Waals surface area contributed by atoms with Gasteiger partial charge in [-0.05, 0) is 37.8 Å². The monoisotopic (exact) mass is 234 g/mol. The molecule has 92 valence electrons. The van der Waals surface area contributed by atoms with Crippen molar-refractivity contribution in [3.63, 3.8) is 0 Å². The van der Waals surface area contributed by atoms with E-state index in [-0.39, 0.29) is 0 Å². The fourth-order valence-corrected chi connectivity index (χ4v) is 2.08. The van der Waals surface area contributed by atoms with E-state index in [2.05, 4.69) is 4.90 Å². The lowest BCUT2D eigenvalue weighted by atomic mass is 10.1. The van der Waals surface area contributed by atoms with Crippen molar-refractivity contribution < 1.29 is 9.90 Å². The molecule has 0 saturated heterocycles. The van der Waals surface area contributed by atoms with E-state index in [9.17, 15) is 9.90 Å². The molecule has 0 heterocycles. The van der Waals surface area contributed by atoms with Gasteiger partial charge in [-0.25, -0.2) is 4.79 Å². The summed E-state index contributed by atoms with van der Waals surface area (Å²) in [5, 5.41) is 9.20. The predicted molar refractivity (Wildman–Crippen MR) is 68.4 cm³/mol. The first-order valence-corrected chi connectivity index (χ1v) is 6.00. The molecule has 0 bridgehead atoms. The minimum Gasteiger partial charge on any atom is -0.478 e. The van der Waals surface area contributed by atoms with Gasteiger partial charge < -0.3 is 15.7 Å². The van der Waals surface area contributed by atoms with Crippen molar-refractivity contribution in [3.8, 4) is 0 Å². The minimum absolute atomic E-state index is 0.299. The van der Waals surface area contributed by atoms with Gasteiger partial charge in [0.2, 0.25) is 0 Å². The van der Waals surface area contributed by atoms with Crippen LogP contribution in [0.1, 0.15) is 30.1 Å². The van der Waals surface area contributed by atoms with Gasteiger partial charge in [0.1, 0.15) is 0 Å². The van der Waals surface area contributed by atoms with Gasteiger partial charge in [0.05, 0.1) is 16.9 Å². The number of carboxylic acid groups (broad SMARTS) is 1. The van der Waals surface area contributed by atoms with Gasteiger partial charge in [-0.15, -0.1) is 0 Å². The molecule has 0 amide bonds. The number of aromatic carboxylic acids is 1. The highest BCUT2D eigenvalue weighted by Gasteiger charge is 2.26. The highest BCUT2D eigenvalue weighted by atomic mass is 16.4. The van der Waals surface area contributed by atoms with Crippen LogP contribution in [0.5, 0.6) is 0 Å². The van der Waals surface area contributed by atoms with Crippen LogP contribution in [0.3, 0.4) is 0 Å². The van der Waals surface area contributed by atoms with E-state index in [1.807, 2.05) is 6.92 Å². The summed E-state index contributed by atoms with van der Waals surface area (Å²) in [5.41, 5.74) is 7.45. The topological polar surface area (TPSA) is 66.6 Å². The van der Waals surface area contributed by atoms with Crippen molar-refractivity contribution >= 4 is 17.3 Å². The van der Waals surface area contributed by atoms with Crippen LogP contribution in [0.25, 0.3) is 0 Å². The van der Waals surface area contributed by atoms with Gasteiger partial charge >= 0.3 is 5.97 Å². The molecule has 4 heteroatoms. The Bertz CT molecular complexity index is 427. The quantitative estimate of drug-likeness (QED) is 0.766. The normalized spacial score (nSPS) is 14.6. The largest absolute Gasteiger partial charge is 0.478 e. The molecule has 0 aromatic heterocycles. The SMILES string of the molecule is CCN(CC1CC1)c1c(N)cccc1C(=O)O. The lowest BCUT2D eigenvalue weighted by Gasteiger charge is -2.26. The van der Waals surface area contributed by atoms with Crippen LogP contribution in [0, 0.1) is 5.92 Å². The molecule has 0 aliphatic heterocycles. The second-order valence-electron chi connectivity index (χ2n) is 4.53. The van der Waals surface area contributed by atoms with Gasteiger partial charge in [0.25, 0.3) is 0 Å². The minimum atomic E-state index is -0.915. The average Bonchev–Trinajstić information content (AvgIpc) is 3.10. The molecular formula is C13H18N2O2. The van der Waals surface area contributed by atoms with Crippen LogP contribution >= 0.6 is 0 Å². The molecule has 0 atom stereocenters. The van der Waals surface area contributed by atoms with Crippen molar-refractivity contribution in [2.24, 2.45) is 5.92 Å². The van der Waals surface area contributed by atoms with Gasteiger partial charge in [0, 0.05) is 13.1 Å². The lowest BCUT2D eigenvalue weighted by molar-refractivity contribution is 0.0697. The van der Waals surface area contributed by atoms with Crippen LogP contribution in [0.2, 0.25) is 0 Å². The summed E-state index contributed by atoms with van der Waals surface area (Å²) < 4.78 is 0. The smallest absolute Gasteiger partial charge is 0.337 e. The molecule has 0 spiro atoms. The highest BCUT2D eigenvalue weighted by Crippen LogP contribution is 2.34. The fraction of sp³-hybridized carbons (Fsp3) is 0.462. The Hall–Kier alpha value is -1.71. The number of hydrogen-bond donors (Lipinski definition) is 2. The fourth-order valence-electron chi connectivity index (χ4n) is 2.08. The van der Waals surface area contributed by atoms with Gasteiger partial charge in [-0.2, -0.15) is 0 Å². The Morgan fingerprint density at radius 2 is 2.24 bits per heavy atom. The lowest BCUT2D eigenvalue weighted by Crippen LogP contribution is -2.28. The molecule has 1 aromatic carbocycles. The number of nitrogens with zero attached hydrogens (tertiary/aromatic N) is 1. The molecule has 1 aromatic rings. The van der Waals surface area contributed by atoms with Crippen LogP contribution in [0.4, 0.5) is 11.4 Å². The number of para-hydroxylation sites is 1. The molecule has 1 aliphatic carbocycles. The molecule has 1 saturated carbocycles. The van der Waals surface area contributed by atoms with Crippen molar-refractivity contribution in [2.75, 3.05) is 23.7 Å². The Labute approximate surface area is 101 Å². The second kappa shape index (κ2) is 4.65. The van der Waals surface area contributed by atoms with E-state index in [0.29, 0.717) is 22.9 Å². The van der Waals surface area contributed by atoms with Crippen LogP contribution in [0.15, 0.2) is 18.2 Å². The summed E-state index contributed by atoms with van der Waals surface area (Å²) in [5.74, 6) is -0.210. The Morgan fingerprint density at radius 1 is 1.53 bits per heavy atom. The predicted octanol–water partition coefficient (Wildman–Crippen LogP) is 2.20. The Kier molecular flexibility index (Phi) is 3.22. The molecule has 0 unspecified atom stereocenters. The Balaban J connectivity index is 2.35. The van der Waals surface area contributed by atoms with Crippen molar-refractivity contribution in [1.29, 1.82) is 0 Å². The molecule has 17 heavy (non-hydrogen) atoms. The third kappa shape index (κ3) is 2.52. The van der Waals surface area contributed by atoms with Crippen molar-refractivity contribution in [2.45, 2.75) is 19.8 Å². The molecule has 1 fully saturated rings. The van der Waals surface area contributed by atoms with Crippen LogP contribution < -0.4 is 10.6 Å². The summed E-state index contributed by atoms with van der Waals surface area (Å²) in [7, 11) is 0. The third-order valence-electron chi connectivity index (χ3n) is 3.17. The number of hydrogen-bond acceptors (Lipinski definition) is 3. The van der Waals surface area contributed by atoms with E-state index < -0.39 is 5.97 Å². The number of rotatable bonds is 5. The van der Waals surface area contributed by atoms with Gasteiger partial charge in [-0.1, -0.05) is 6.07 Å². The third-order valence-corrected chi connectivity index (χ3v) is 3.17. The standard InChI is InChI=1S/C13H18N2O2/c1-2-15(8-9-6-7-9)12-10(13(16)17)4-3-5-11(12)14/h3-5,9H,2,6-8,14H2,1H3,(H,16,17). The van der Waals surface area contributed by atoms with Gasteiger partial charge in [0.15, 0.2) is 0 Å². The van der Waals surface area contributed by atoms with E-state index in [1.165, 1.54) is 12.8 Å². The molecule has 1 aliphatic rings. The number of nitrogen functional groups attached to an aromatic ring is 1. The first-order valence-electron chi connectivity index (χ1n) is 6.00. The summed E-state index contributed by atoms with van der Waals surface area (Å²) in [4.78, 5) is 13.3. The summed E-state index contributed by atoms with van der Waals surface area (Å²) in [6, 6.07) is 5.06. The number of anilines is 2. The maximum absolute atomic E-state index is 11.2. The van der Waals surface area contributed by atoms with E-state index >= 15 is 0 Å². The summed E-state index contributed by atoms with van der Waals surface area (Å²) in [6.07, 6.45) is 2.48. The van der Waals surface area contributed by atoms with Crippen LogP contribution in [-0.2, 0) is 0 Å². The zero-order valence-electron chi connectivity index (χ0n) is 10.0. The van der Waals surface area contributed by atoms with Crippen molar-refractivity contribution in [1.82, 2.24) is 0 Å². The summed E-state index contributed by atoms with van der Waals surface area (Å²) in [6.45, 7) is 3.72. The summed E-state index contributed by atoms with van der Waals surface area (Å²) >= 11 is 0. The zero-order chi connectivity index (χ0) is 12.4. The second-order valence-corrected chi connectivity index (χ2v) is 4.53. The molecular weight excluding hydrogens is 216 g/mol. The number of nitrogens with two attached hydrogens (primary N) is 1. The maximum Gasteiger partial charge on any atom is 0.337 e. The number of carbonyl (C=O) groups is 1. The maximum atomic E-state index is 11.2. The molecule has 2 rings (SSSR count). The zero-order valence-corrected chi connectivity index (χ0v) is 10.0. The molecule has 4 nitrogen and oxygen atoms in total. The molecule has 3 N–H and O–H groups in total. The highest BCUT2D eigenvalue weighted by molar-refractivity contribution is 5.98. The van der Waals surface area contributed by atoms with E-state index in [0.717, 1.165) is 13.1 Å². The van der Waals surface area contributed by atoms with Crippen molar-refractivity contribution in [3.05, 3.63) is 23.8 Å². The molecule has 0 radical (unpaired) electrons. The first-order chi connectivity index (χ1) is 8.13. The Morgan fingerprint density at radius 3 is 2.76 bits per heavy atom.